The molecule has 0 aliphatic rings. The summed E-state index contributed by atoms with van der Waals surface area (Å²) in [4.78, 5) is 0. The van der Waals surface area contributed by atoms with Crippen molar-refractivity contribution in [3.8, 4) is 0 Å². The van der Waals surface area contributed by atoms with Crippen molar-refractivity contribution in [2.45, 2.75) is 19.9 Å². The molecule has 0 fully saturated rings. The van der Waals surface area contributed by atoms with Gasteiger partial charge in [-0.2, -0.15) is 0 Å². The van der Waals surface area contributed by atoms with E-state index in [2.05, 4.69) is 11.4 Å². The lowest BCUT2D eigenvalue weighted by atomic mass is 10.0. The van der Waals surface area contributed by atoms with Gasteiger partial charge in [0, 0.05) is 5.02 Å². The molecule has 1 unspecified atom stereocenters. The Labute approximate surface area is 107 Å². The standard InChI is InChI=1S/C14H16ClNO/c1-9-4-6-11(12(15)8-9)14(16-3)13-7-5-10(2)17-13/h4-8,14,16H,1-3H3. The van der Waals surface area contributed by atoms with Crippen LogP contribution < -0.4 is 5.32 Å². The van der Waals surface area contributed by atoms with Crippen molar-refractivity contribution in [2.75, 3.05) is 7.05 Å². The number of halogens is 1. The Balaban J connectivity index is 2.42. The first-order chi connectivity index (χ1) is 8.11. The third-order valence-corrected chi connectivity index (χ3v) is 3.13. The molecule has 0 radical (unpaired) electrons. The van der Waals surface area contributed by atoms with Crippen LogP contribution in [0, 0.1) is 13.8 Å². The van der Waals surface area contributed by atoms with E-state index in [1.54, 1.807) is 0 Å². The smallest absolute Gasteiger partial charge is 0.125 e. The van der Waals surface area contributed by atoms with Crippen LogP contribution in [0.4, 0.5) is 0 Å². The number of hydrogen-bond donors (Lipinski definition) is 1. The first-order valence-corrected chi connectivity index (χ1v) is 5.99. The minimum absolute atomic E-state index is 0.00296. The van der Waals surface area contributed by atoms with Gasteiger partial charge in [-0.15, -0.1) is 0 Å². The molecule has 2 rings (SSSR count). The van der Waals surface area contributed by atoms with Crippen LogP contribution in [-0.2, 0) is 0 Å². The molecule has 1 aromatic carbocycles. The van der Waals surface area contributed by atoms with Crippen LogP contribution in [0.3, 0.4) is 0 Å². The van der Waals surface area contributed by atoms with Gasteiger partial charge in [-0.25, -0.2) is 0 Å². The lowest BCUT2D eigenvalue weighted by Crippen LogP contribution is -2.17. The van der Waals surface area contributed by atoms with Crippen molar-refractivity contribution in [3.05, 3.63) is 58.0 Å². The number of benzene rings is 1. The summed E-state index contributed by atoms with van der Waals surface area (Å²) in [5.41, 5.74) is 2.19. The predicted octanol–water partition coefficient (Wildman–Crippen LogP) is 3.86. The zero-order valence-electron chi connectivity index (χ0n) is 10.3. The molecular formula is C14H16ClNO. The number of nitrogens with one attached hydrogen (secondary N) is 1. The fraction of sp³-hybridized carbons (Fsp3) is 0.286. The van der Waals surface area contributed by atoms with Gasteiger partial charge < -0.3 is 9.73 Å². The summed E-state index contributed by atoms with van der Waals surface area (Å²) >= 11 is 6.28. The normalized spacial score (nSPS) is 12.7. The zero-order chi connectivity index (χ0) is 12.4. The van der Waals surface area contributed by atoms with Gasteiger partial charge in [0.15, 0.2) is 0 Å². The van der Waals surface area contributed by atoms with Crippen LogP contribution >= 0.6 is 11.6 Å². The number of aryl methyl sites for hydroxylation is 2. The molecule has 90 valence electrons. The van der Waals surface area contributed by atoms with E-state index in [9.17, 15) is 0 Å². The van der Waals surface area contributed by atoms with Crippen LogP contribution in [0.5, 0.6) is 0 Å². The van der Waals surface area contributed by atoms with Gasteiger partial charge >= 0.3 is 0 Å². The zero-order valence-corrected chi connectivity index (χ0v) is 11.0. The van der Waals surface area contributed by atoms with Gasteiger partial charge in [0.25, 0.3) is 0 Å². The lowest BCUT2D eigenvalue weighted by molar-refractivity contribution is 0.444. The predicted molar refractivity (Wildman–Crippen MR) is 70.5 cm³/mol. The molecule has 1 atom stereocenters. The molecular weight excluding hydrogens is 234 g/mol. The fourth-order valence-corrected chi connectivity index (χ4v) is 2.27. The van der Waals surface area contributed by atoms with Gasteiger partial charge in [0.1, 0.15) is 11.5 Å². The van der Waals surface area contributed by atoms with E-state index in [0.29, 0.717) is 0 Å². The molecule has 17 heavy (non-hydrogen) atoms. The Morgan fingerprint density at radius 1 is 1.18 bits per heavy atom. The monoisotopic (exact) mass is 249 g/mol. The van der Waals surface area contributed by atoms with E-state index in [1.807, 2.05) is 45.2 Å². The first-order valence-electron chi connectivity index (χ1n) is 5.61. The molecule has 2 nitrogen and oxygen atoms in total. The molecule has 1 N–H and O–H groups in total. The molecule has 3 heteroatoms. The van der Waals surface area contributed by atoms with Crippen LogP contribution in [0.25, 0.3) is 0 Å². The second kappa shape index (κ2) is 4.94. The minimum Gasteiger partial charge on any atom is -0.464 e. The summed E-state index contributed by atoms with van der Waals surface area (Å²) in [6.07, 6.45) is 0. The van der Waals surface area contributed by atoms with Gasteiger partial charge in [-0.05, 0) is 50.2 Å². The highest BCUT2D eigenvalue weighted by Gasteiger charge is 2.18. The summed E-state index contributed by atoms with van der Waals surface area (Å²) in [6, 6.07) is 10.0. The molecule has 0 spiro atoms. The Hall–Kier alpha value is -1.25. The van der Waals surface area contributed by atoms with Crippen molar-refractivity contribution in [2.24, 2.45) is 0 Å². The Morgan fingerprint density at radius 3 is 2.47 bits per heavy atom. The Morgan fingerprint density at radius 2 is 1.94 bits per heavy atom. The van der Waals surface area contributed by atoms with Crippen LogP contribution in [0.2, 0.25) is 5.02 Å². The van der Waals surface area contributed by atoms with Crippen molar-refractivity contribution >= 4 is 11.6 Å². The van der Waals surface area contributed by atoms with Crippen LogP contribution in [0.1, 0.15) is 28.7 Å². The summed E-state index contributed by atoms with van der Waals surface area (Å²) < 4.78 is 5.66. The van der Waals surface area contributed by atoms with E-state index >= 15 is 0 Å². The molecule has 0 aliphatic heterocycles. The molecule has 0 amide bonds. The average molecular weight is 250 g/mol. The van der Waals surface area contributed by atoms with E-state index in [4.69, 9.17) is 16.0 Å². The SMILES string of the molecule is CNC(c1ccc(C)o1)c1ccc(C)cc1Cl. The lowest BCUT2D eigenvalue weighted by Gasteiger charge is -2.16. The van der Waals surface area contributed by atoms with Gasteiger partial charge in [0.2, 0.25) is 0 Å². The number of hydrogen-bond acceptors (Lipinski definition) is 2. The average Bonchev–Trinajstić information content (AvgIpc) is 2.69. The second-order valence-corrected chi connectivity index (χ2v) is 4.60. The van der Waals surface area contributed by atoms with Crippen LogP contribution in [-0.4, -0.2) is 7.05 Å². The van der Waals surface area contributed by atoms with E-state index < -0.39 is 0 Å². The topological polar surface area (TPSA) is 25.2 Å². The maximum absolute atomic E-state index is 6.28. The van der Waals surface area contributed by atoms with Gasteiger partial charge in [0.05, 0.1) is 6.04 Å². The molecule has 0 aliphatic carbocycles. The van der Waals surface area contributed by atoms with Crippen LogP contribution in [0.15, 0.2) is 34.7 Å². The molecule has 0 bridgehead atoms. The van der Waals surface area contributed by atoms with Gasteiger partial charge in [-0.1, -0.05) is 23.7 Å². The molecule has 2 aromatic rings. The van der Waals surface area contributed by atoms with E-state index in [0.717, 1.165) is 27.7 Å². The summed E-state index contributed by atoms with van der Waals surface area (Å²) in [7, 11) is 1.90. The molecule has 0 saturated heterocycles. The third-order valence-electron chi connectivity index (χ3n) is 2.80. The largest absolute Gasteiger partial charge is 0.464 e. The molecule has 1 aromatic heterocycles. The highest BCUT2D eigenvalue weighted by Crippen LogP contribution is 2.29. The third kappa shape index (κ3) is 2.54. The fourth-order valence-electron chi connectivity index (χ4n) is 1.93. The quantitative estimate of drug-likeness (QED) is 0.894. The van der Waals surface area contributed by atoms with Crippen molar-refractivity contribution in [3.63, 3.8) is 0 Å². The van der Waals surface area contributed by atoms with E-state index in [-0.39, 0.29) is 6.04 Å². The highest BCUT2D eigenvalue weighted by molar-refractivity contribution is 6.31. The number of furan rings is 1. The summed E-state index contributed by atoms with van der Waals surface area (Å²) in [5, 5.41) is 3.99. The van der Waals surface area contributed by atoms with Crippen molar-refractivity contribution in [1.82, 2.24) is 5.32 Å². The van der Waals surface area contributed by atoms with Crippen molar-refractivity contribution in [1.29, 1.82) is 0 Å². The summed E-state index contributed by atoms with van der Waals surface area (Å²) in [6.45, 7) is 3.97. The van der Waals surface area contributed by atoms with E-state index in [1.165, 1.54) is 0 Å². The maximum atomic E-state index is 6.28. The minimum atomic E-state index is -0.00296. The Bertz CT molecular complexity index is 519. The Kier molecular flexibility index (Phi) is 3.55. The molecule has 0 saturated carbocycles. The molecule has 1 heterocycles. The van der Waals surface area contributed by atoms with Crippen molar-refractivity contribution < 1.29 is 4.42 Å². The van der Waals surface area contributed by atoms with Gasteiger partial charge in [-0.3, -0.25) is 0 Å². The number of rotatable bonds is 3. The maximum Gasteiger partial charge on any atom is 0.125 e. The highest BCUT2D eigenvalue weighted by atomic mass is 35.5. The summed E-state index contributed by atoms with van der Waals surface area (Å²) in [5.74, 6) is 1.79. The first kappa shape index (κ1) is 12.2. The second-order valence-electron chi connectivity index (χ2n) is 4.20.